The second-order valence-electron chi connectivity index (χ2n) is 2.58. The lowest BCUT2D eigenvalue weighted by Crippen LogP contribution is -2.21. The molecule has 0 heterocycles. The second-order valence-corrected chi connectivity index (χ2v) is 4.31. The van der Waals surface area contributed by atoms with Gasteiger partial charge in [0.15, 0.2) is 0 Å². The van der Waals surface area contributed by atoms with Crippen molar-refractivity contribution in [3.8, 4) is 0 Å². The molecule has 0 aromatic carbocycles. The average Bonchev–Trinajstić information content (AvgIpc) is 1.97. The molecule has 0 spiro atoms. The van der Waals surface area contributed by atoms with Crippen LogP contribution in [-0.4, -0.2) is 27.2 Å². The van der Waals surface area contributed by atoms with Gasteiger partial charge in [-0.1, -0.05) is 6.92 Å². The first-order valence-corrected chi connectivity index (χ1v) is 5.16. The molecule has 0 fully saturated rings. The number of primary sulfonamides is 1. The fourth-order valence-electron chi connectivity index (χ4n) is 0.660. The first-order chi connectivity index (χ1) is 5.37. The molecule has 0 bridgehead atoms. The summed E-state index contributed by atoms with van der Waals surface area (Å²) in [5, 5.41) is 4.75. The highest BCUT2D eigenvalue weighted by atomic mass is 32.2. The summed E-state index contributed by atoms with van der Waals surface area (Å²) in [6, 6.07) is 0. The molecule has 0 aliphatic carbocycles. The highest BCUT2D eigenvalue weighted by Crippen LogP contribution is 2.04. The maximum atomic E-state index is 10.8. The maximum Gasteiger partial charge on any atom is 0.308 e. The third-order valence-corrected chi connectivity index (χ3v) is 2.24. The quantitative estimate of drug-likeness (QED) is 0.611. The average molecular weight is 195 g/mol. The van der Waals surface area contributed by atoms with Crippen LogP contribution in [0.2, 0.25) is 0 Å². The molecule has 0 saturated heterocycles. The minimum Gasteiger partial charge on any atom is -0.469 e. The summed E-state index contributed by atoms with van der Waals surface area (Å²) < 4.78 is 25.3. The molecule has 2 N–H and O–H groups in total. The zero-order valence-corrected chi connectivity index (χ0v) is 7.93. The molecule has 0 saturated carbocycles. The van der Waals surface area contributed by atoms with Gasteiger partial charge in [-0.15, -0.1) is 0 Å². The Balaban J connectivity index is 3.88. The summed E-state index contributed by atoms with van der Waals surface area (Å²) in [6.07, 6.45) is 0.200. The highest BCUT2D eigenvalue weighted by Gasteiger charge is 2.15. The lowest BCUT2D eigenvalue weighted by molar-refractivity contribution is -0.144. The van der Waals surface area contributed by atoms with Gasteiger partial charge in [-0.2, -0.15) is 0 Å². The Kier molecular flexibility index (Phi) is 4.19. The molecule has 0 radical (unpaired) electrons. The van der Waals surface area contributed by atoms with Gasteiger partial charge in [0.05, 0.1) is 18.8 Å². The van der Waals surface area contributed by atoms with Crippen molar-refractivity contribution in [2.45, 2.75) is 13.3 Å². The van der Waals surface area contributed by atoms with Gasteiger partial charge in [-0.3, -0.25) is 4.79 Å². The molecular formula is C6H13NO4S. The summed E-state index contributed by atoms with van der Waals surface area (Å²) in [4.78, 5) is 10.8. The van der Waals surface area contributed by atoms with Crippen molar-refractivity contribution < 1.29 is 17.9 Å². The van der Waals surface area contributed by atoms with Crippen LogP contribution >= 0.6 is 0 Å². The van der Waals surface area contributed by atoms with E-state index in [0.29, 0.717) is 0 Å². The van der Waals surface area contributed by atoms with Crippen molar-refractivity contribution >= 4 is 16.0 Å². The summed E-state index contributed by atoms with van der Waals surface area (Å²) in [5.41, 5.74) is 0. The van der Waals surface area contributed by atoms with Crippen LogP contribution in [0.25, 0.3) is 0 Å². The van der Waals surface area contributed by atoms with Crippen LogP contribution < -0.4 is 5.14 Å². The van der Waals surface area contributed by atoms with Crippen LogP contribution in [0.15, 0.2) is 0 Å². The third kappa shape index (κ3) is 5.09. The van der Waals surface area contributed by atoms with Crippen LogP contribution in [0.1, 0.15) is 13.3 Å². The second kappa shape index (κ2) is 4.42. The minimum absolute atomic E-state index is 0.191. The van der Waals surface area contributed by atoms with Gasteiger partial charge in [0, 0.05) is 0 Å². The Morgan fingerprint density at radius 1 is 1.58 bits per heavy atom. The summed E-state index contributed by atoms with van der Waals surface area (Å²) in [7, 11) is -2.21. The van der Waals surface area contributed by atoms with Crippen LogP contribution in [0, 0.1) is 5.92 Å². The number of hydrogen-bond donors (Lipinski definition) is 1. The van der Waals surface area contributed by atoms with E-state index in [1.165, 1.54) is 7.11 Å². The Morgan fingerprint density at radius 3 is 2.42 bits per heavy atom. The van der Waals surface area contributed by atoms with E-state index in [0.717, 1.165) is 0 Å². The normalized spacial score (nSPS) is 13.9. The lowest BCUT2D eigenvalue weighted by atomic mass is 10.1. The number of carbonyl (C=O) groups is 1. The van der Waals surface area contributed by atoms with Crippen LogP contribution in [0.3, 0.4) is 0 Å². The van der Waals surface area contributed by atoms with Crippen molar-refractivity contribution in [3.05, 3.63) is 0 Å². The number of ether oxygens (including phenoxy) is 1. The van der Waals surface area contributed by atoms with E-state index in [-0.39, 0.29) is 12.2 Å². The van der Waals surface area contributed by atoms with E-state index in [2.05, 4.69) is 4.74 Å². The molecule has 0 aliphatic heterocycles. The minimum atomic E-state index is -3.47. The van der Waals surface area contributed by atoms with Gasteiger partial charge >= 0.3 is 5.97 Å². The van der Waals surface area contributed by atoms with Crippen molar-refractivity contribution in [2.24, 2.45) is 11.1 Å². The number of hydrogen-bond acceptors (Lipinski definition) is 4. The Labute approximate surface area is 71.9 Å². The Morgan fingerprint density at radius 2 is 2.08 bits per heavy atom. The first kappa shape index (κ1) is 11.4. The molecule has 5 nitrogen and oxygen atoms in total. The highest BCUT2D eigenvalue weighted by molar-refractivity contribution is 7.89. The standard InChI is InChI=1S/C6H13NO4S/c1-5(6(8)11-2)3-4-12(7,9)10/h5H,3-4H2,1-2H3,(H2,7,9,10). The smallest absolute Gasteiger partial charge is 0.308 e. The van der Waals surface area contributed by atoms with E-state index in [4.69, 9.17) is 5.14 Å². The van der Waals surface area contributed by atoms with E-state index in [1.807, 2.05) is 0 Å². The fraction of sp³-hybridized carbons (Fsp3) is 0.833. The number of sulfonamides is 1. The van der Waals surface area contributed by atoms with Crippen LogP contribution in [0.5, 0.6) is 0 Å². The summed E-state index contributed by atoms with van der Waals surface area (Å²) in [5.74, 6) is -1.03. The van der Waals surface area contributed by atoms with E-state index < -0.39 is 21.9 Å². The van der Waals surface area contributed by atoms with Crippen LogP contribution in [0.4, 0.5) is 0 Å². The topological polar surface area (TPSA) is 86.5 Å². The Bertz CT molecular complexity index is 246. The molecule has 0 amide bonds. The van der Waals surface area contributed by atoms with E-state index in [1.54, 1.807) is 6.92 Å². The largest absolute Gasteiger partial charge is 0.469 e. The number of methoxy groups -OCH3 is 1. The summed E-state index contributed by atoms with van der Waals surface area (Å²) >= 11 is 0. The molecule has 72 valence electrons. The van der Waals surface area contributed by atoms with Crippen molar-refractivity contribution in [1.82, 2.24) is 0 Å². The molecular weight excluding hydrogens is 182 g/mol. The molecule has 0 aliphatic rings. The molecule has 6 heteroatoms. The predicted molar refractivity (Wildman–Crippen MR) is 43.8 cm³/mol. The zero-order chi connectivity index (χ0) is 9.78. The van der Waals surface area contributed by atoms with Gasteiger partial charge in [-0.25, -0.2) is 13.6 Å². The van der Waals surface area contributed by atoms with E-state index in [9.17, 15) is 13.2 Å². The van der Waals surface area contributed by atoms with Gasteiger partial charge < -0.3 is 4.74 Å². The first-order valence-electron chi connectivity index (χ1n) is 3.45. The molecule has 12 heavy (non-hydrogen) atoms. The number of rotatable bonds is 4. The van der Waals surface area contributed by atoms with Gasteiger partial charge in [0.2, 0.25) is 10.0 Å². The SMILES string of the molecule is COC(=O)C(C)CCS(N)(=O)=O. The third-order valence-electron chi connectivity index (χ3n) is 1.44. The zero-order valence-electron chi connectivity index (χ0n) is 7.11. The molecule has 1 unspecified atom stereocenters. The van der Waals surface area contributed by atoms with Gasteiger partial charge in [-0.05, 0) is 6.42 Å². The van der Waals surface area contributed by atoms with Gasteiger partial charge in [0.1, 0.15) is 0 Å². The van der Waals surface area contributed by atoms with Gasteiger partial charge in [0.25, 0.3) is 0 Å². The number of carbonyl (C=O) groups excluding carboxylic acids is 1. The predicted octanol–water partition coefficient (Wildman–Crippen LogP) is -0.526. The maximum absolute atomic E-state index is 10.8. The molecule has 0 aromatic heterocycles. The van der Waals surface area contributed by atoms with Crippen molar-refractivity contribution in [1.29, 1.82) is 0 Å². The summed E-state index contributed by atoms with van der Waals surface area (Å²) in [6.45, 7) is 1.59. The monoisotopic (exact) mass is 195 g/mol. The van der Waals surface area contributed by atoms with Crippen LogP contribution in [-0.2, 0) is 19.6 Å². The molecule has 0 rings (SSSR count). The number of nitrogens with two attached hydrogens (primary N) is 1. The molecule has 1 atom stereocenters. The van der Waals surface area contributed by atoms with Crippen molar-refractivity contribution in [2.75, 3.05) is 12.9 Å². The fourth-order valence-corrected chi connectivity index (χ4v) is 1.34. The molecule has 0 aromatic rings. The van der Waals surface area contributed by atoms with Crippen molar-refractivity contribution in [3.63, 3.8) is 0 Å². The van der Waals surface area contributed by atoms with E-state index >= 15 is 0 Å². The number of esters is 1. The lowest BCUT2D eigenvalue weighted by Gasteiger charge is -2.06. The Hall–Kier alpha value is -0.620.